The molecule has 0 saturated heterocycles. The zero-order valence-corrected chi connectivity index (χ0v) is 17.4. The third-order valence-electron chi connectivity index (χ3n) is 5.66. The lowest BCUT2D eigenvalue weighted by molar-refractivity contribution is -0.142. The monoisotopic (exact) mass is 478 g/mol. The molecule has 1 heterocycles. The average molecular weight is 478 g/mol. The fourth-order valence-electron chi connectivity index (χ4n) is 3.84. The number of hydrogen-bond acceptors (Lipinski definition) is 6. The predicted octanol–water partition coefficient (Wildman–Crippen LogP) is 4.98. The molecule has 0 radical (unpaired) electrons. The highest BCUT2D eigenvalue weighted by molar-refractivity contribution is 6.01. The van der Waals surface area contributed by atoms with Crippen molar-refractivity contribution in [1.29, 1.82) is 0 Å². The highest BCUT2D eigenvalue weighted by atomic mass is 19.2. The SMILES string of the molecule is O=C(Nc1ccc(C2CCC(C(=O)O)CC2)cc1F)c1nnc(Nc2cc(F)c(F)cc2F)o1. The molecule has 34 heavy (non-hydrogen) atoms. The van der Waals surface area contributed by atoms with Crippen LogP contribution in [-0.2, 0) is 4.79 Å². The van der Waals surface area contributed by atoms with E-state index in [1.807, 2.05) is 0 Å². The van der Waals surface area contributed by atoms with E-state index in [0.29, 0.717) is 43.4 Å². The van der Waals surface area contributed by atoms with Crippen molar-refractivity contribution >= 4 is 29.3 Å². The van der Waals surface area contributed by atoms with Gasteiger partial charge in [-0.25, -0.2) is 17.6 Å². The van der Waals surface area contributed by atoms with Crippen molar-refractivity contribution in [2.75, 3.05) is 10.6 Å². The second-order valence-corrected chi connectivity index (χ2v) is 7.86. The Kier molecular flexibility index (Phi) is 6.48. The normalized spacial score (nSPS) is 17.9. The first kappa shape index (κ1) is 23.2. The molecule has 1 fully saturated rings. The molecule has 1 aliphatic rings. The van der Waals surface area contributed by atoms with Crippen LogP contribution in [0.4, 0.5) is 35.0 Å². The topological polar surface area (TPSA) is 117 Å². The van der Waals surface area contributed by atoms with Gasteiger partial charge >= 0.3 is 23.8 Å². The van der Waals surface area contributed by atoms with Crippen LogP contribution in [0.5, 0.6) is 0 Å². The molecule has 1 saturated carbocycles. The number of carbonyl (C=O) groups is 2. The predicted molar refractivity (Wildman–Crippen MR) is 111 cm³/mol. The van der Waals surface area contributed by atoms with E-state index in [1.165, 1.54) is 12.1 Å². The van der Waals surface area contributed by atoms with Gasteiger partial charge in [-0.2, -0.15) is 0 Å². The molecule has 3 aromatic rings. The van der Waals surface area contributed by atoms with Crippen LogP contribution in [-0.4, -0.2) is 27.2 Å². The number of carboxylic acid groups (broad SMARTS) is 1. The van der Waals surface area contributed by atoms with E-state index in [9.17, 15) is 27.2 Å². The number of rotatable bonds is 6. The minimum absolute atomic E-state index is 0.0242. The smallest absolute Gasteiger partial charge is 0.320 e. The van der Waals surface area contributed by atoms with Crippen molar-refractivity contribution in [3.63, 3.8) is 0 Å². The van der Waals surface area contributed by atoms with Gasteiger partial charge in [-0.05, 0) is 49.3 Å². The summed E-state index contributed by atoms with van der Waals surface area (Å²) in [5.74, 6) is -7.22. The van der Waals surface area contributed by atoms with Crippen molar-refractivity contribution in [2.45, 2.75) is 31.6 Å². The first-order valence-corrected chi connectivity index (χ1v) is 10.3. The van der Waals surface area contributed by atoms with E-state index in [-0.39, 0.29) is 17.5 Å². The standard InChI is InChI=1S/C22H18F4N4O4/c23-13-8-16(26)18(9-14(13)24)28-22-30-29-20(34-22)19(31)27-17-6-5-12(7-15(17)25)10-1-3-11(4-2-10)21(32)33/h5-11H,1-4H2,(H,27,31)(H,28,30)(H,32,33). The number of nitrogens with zero attached hydrogens (tertiary/aromatic N) is 2. The van der Waals surface area contributed by atoms with Crippen LogP contribution in [0.25, 0.3) is 0 Å². The molecule has 0 bridgehead atoms. The Hall–Kier alpha value is -3.96. The number of halogens is 4. The van der Waals surface area contributed by atoms with Gasteiger partial charge in [0.2, 0.25) is 0 Å². The van der Waals surface area contributed by atoms with E-state index < -0.39 is 52.7 Å². The minimum Gasteiger partial charge on any atom is -0.481 e. The molecule has 178 valence electrons. The summed E-state index contributed by atoms with van der Waals surface area (Å²) in [4.78, 5) is 23.4. The Balaban J connectivity index is 1.40. The number of aromatic nitrogens is 2. The molecule has 8 nitrogen and oxygen atoms in total. The second-order valence-electron chi connectivity index (χ2n) is 7.86. The Labute approximate surface area is 190 Å². The maximum absolute atomic E-state index is 14.6. The molecule has 4 rings (SSSR count). The third-order valence-corrected chi connectivity index (χ3v) is 5.66. The molecule has 0 aliphatic heterocycles. The van der Waals surface area contributed by atoms with Crippen LogP contribution >= 0.6 is 0 Å². The number of aliphatic carboxylic acids is 1. The van der Waals surface area contributed by atoms with Gasteiger partial charge in [-0.3, -0.25) is 9.59 Å². The zero-order valence-electron chi connectivity index (χ0n) is 17.4. The molecule has 1 aromatic heterocycles. The van der Waals surface area contributed by atoms with Gasteiger partial charge in [-0.15, -0.1) is 5.10 Å². The minimum atomic E-state index is -1.38. The van der Waals surface area contributed by atoms with Gasteiger partial charge in [0.05, 0.1) is 17.3 Å². The summed E-state index contributed by atoms with van der Waals surface area (Å²) in [5, 5.41) is 20.6. The van der Waals surface area contributed by atoms with Crippen LogP contribution in [0.15, 0.2) is 34.7 Å². The maximum Gasteiger partial charge on any atom is 0.320 e. The van der Waals surface area contributed by atoms with E-state index in [1.54, 1.807) is 6.07 Å². The Bertz CT molecular complexity index is 1240. The summed E-state index contributed by atoms with van der Waals surface area (Å²) in [7, 11) is 0. The summed E-state index contributed by atoms with van der Waals surface area (Å²) in [5.41, 5.74) is 0.0676. The quantitative estimate of drug-likeness (QED) is 0.338. The van der Waals surface area contributed by atoms with E-state index >= 15 is 0 Å². The molecule has 0 unspecified atom stereocenters. The lowest BCUT2D eigenvalue weighted by Crippen LogP contribution is -2.20. The summed E-state index contributed by atoms with van der Waals surface area (Å²) in [6.45, 7) is 0. The maximum atomic E-state index is 14.6. The highest BCUT2D eigenvalue weighted by Crippen LogP contribution is 2.36. The molecule has 2 aromatic carbocycles. The molecular weight excluding hydrogens is 460 g/mol. The molecule has 0 atom stereocenters. The summed E-state index contributed by atoms with van der Waals surface area (Å²) in [6.07, 6.45) is 2.28. The lowest BCUT2D eigenvalue weighted by atomic mass is 9.79. The van der Waals surface area contributed by atoms with E-state index in [0.717, 1.165) is 0 Å². The highest BCUT2D eigenvalue weighted by Gasteiger charge is 2.27. The number of nitrogens with one attached hydrogen (secondary N) is 2. The first-order valence-electron chi connectivity index (χ1n) is 10.3. The Morgan fingerprint density at radius 3 is 2.24 bits per heavy atom. The average Bonchev–Trinajstić information content (AvgIpc) is 3.27. The number of anilines is 3. The van der Waals surface area contributed by atoms with Gasteiger partial charge in [0, 0.05) is 12.1 Å². The van der Waals surface area contributed by atoms with E-state index in [4.69, 9.17) is 9.52 Å². The largest absolute Gasteiger partial charge is 0.481 e. The van der Waals surface area contributed by atoms with Crippen LogP contribution < -0.4 is 10.6 Å². The number of carbonyl (C=O) groups excluding carboxylic acids is 1. The first-order chi connectivity index (χ1) is 16.2. The van der Waals surface area contributed by atoms with Gasteiger partial charge in [0.25, 0.3) is 0 Å². The Morgan fingerprint density at radius 1 is 0.882 bits per heavy atom. The fraction of sp³-hybridized carbons (Fsp3) is 0.273. The zero-order chi connectivity index (χ0) is 24.4. The van der Waals surface area contributed by atoms with E-state index in [2.05, 4.69) is 20.8 Å². The summed E-state index contributed by atoms with van der Waals surface area (Å²) >= 11 is 0. The molecule has 1 aliphatic carbocycles. The van der Waals surface area contributed by atoms with Crippen molar-refractivity contribution in [1.82, 2.24) is 10.2 Å². The van der Waals surface area contributed by atoms with Crippen molar-refractivity contribution < 1.29 is 36.7 Å². The van der Waals surface area contributed by atoms with Gasteiger partial charge in [-0.1, -0.05) is 11.2 Å². The molecule has 3 N–H and O–H groups in total. The number of hydrogen-bond donors (Lipinski definition) is 3. The second kappa shape index (κ2) is 9.49. The fourth-order valence-corrected chi connectivity index (χ4v) is 3.84. The third kappa shape index (κ3) is 5.00. The van der Waals surface area contributed by atoms with Crippen molar-refractivity contribution in [2.24, 2.45) is 5.92 Å². The summed E-state index contributed by atoms with van der Waals surface area (Å²) in [6, 6.07) is 4.71. The lowest BCUT2D eigenvalue weighted by Gasteiger charge is -2.26. The number of benzene rings is 2. The molecule has 0 spiro atoms. The van der Waals surface area contributed by atoms with Crippen LogP contribution in [0.1, 0.15) is 47.8 Å². The van der Waals surface area contributed by atoms with Crippen LogP contribution in [0.2, 0.25) is 0 Å². The van der Waals surface area contributed by atoms with Crippen LogP contribution in [0.3, 0.4) is 0 Å². The van der Waals surface area contributed by atoms with Gasteiger partial charge in [0.15, 0.2) is 11.6 Å². The molecule has 1 amide bonds. The van der Waals surface area contributed by atoms with Gasteiger partial charge < -0.3 is 20.2 Å². The molecular formula is C22H18F4N4O4. The van der Waals surface area contributed by atoms with Crippen molar-refractivity contribution in [3.8, 4) is 0 Å². The van der Waals surface area contributed by atoms with Crippen molar-refractivity contribution in [3.05, 3.63) is 65.1 Å². The summed E-state index contributed by atoms with van der Waals surface area (Å²) < 4.78 is 59.7. The van der Waals surface area contributed by atoms with Crippen LogP contribution in [0, 0.1) is 29.2 Å². The van der Waals surface area contributed by atoms with Gasteiger partial charge in [0.1, 0.15) is 11.6 Å². The number of carboxylic acids is 1. The Morgan fingerprint density at radius 2 is 1.56 bits per heavy atom. The number of amides is 1. The molecule has 12 heteroatoms.